The molecule has 5 nitrogen and oxygen atoms in total. The van der Waals surface area contributed by atoms with E-state index in [1.165, 1.54) is 23.3 Å². The molecule has 0 spiro atoms. The Kier molecular flexibility index (Phi) is 4.30. The highest BCUT2D eigenvalue weighted by Crippen LogP contribution is 2.29. The summed E-state index contributed by atoms with van der Waals surface area (Å²) in [6.07, 6.45) is 3.04. The fourth-order valence-electron chi connectivity index (χ4n) is 2.82. The van der Waals surface area contributed by atoms with Crippen LogP contribution < -0.4 is 9.64 Å². The zero-order valence-corrected chi connectivity index (χ0v) is 14.4. The molecule has 0 aliphatic carbocycles. The first-order valence-corrected chi connectivity index (χ1v) is 8.24. The number of nitrogens with zero attached hydrogens (tertiary/aromatic N) is 2. The zero-order chi connectivity index (χ0) is 18.8. The standard InChI is InChI=1S/C21H15FN2O3/c1-26-15-10-8-14(9-11-15)24-20(17-6-2-3-7-18(17)22)23-19(21(24)25)13-16-5-4-12-27-16/h2-13H,1H3/b19-13+. The van der Waals surface area contributed by atoms with Crippen LogP contribution in [-0.2, 0) is 4.79 Å². The molecule has 1 aliphatic heterocycles. The predicted octanol–water partition coefficient (Wildman–Crippen LogP) is 4.26. The van der Waals surface area contributed by atoms with Crippen molar-refractivity contribution < 1.29 is 18.3 Å². The number of amidine groups is 1. The number of benzene rings is 2. The van der Waals surface area contributed by atoms with Crippen molar-refractivity contribution in [2.24, 2.45) is 4.99 Å². The van der Waals surface area contributed by atoms with Crippen LogP contribution in [0, 0.1) is 5.82 Å². The van der Waals surface area contributed by atoms with E-state index < -0.39 is 5.82 Å². The van der Waals surface area contributed by atoms with Crippen LogP contribution in [0.2, 0.25) is 0 Å². The lowest BCUT2D eigenvalue weighted by atomic mass is 10.1. The van der Waals surface area contributed by atoms with Gasteiger partial charge in [0.05, 0.1) is 24.6 Å². The number of amides is 1. The number of hydrogen-bond acceptors (Lipinski definition) is 4. The minimum Gasteiger partial charge on any atom is -0.497 e. The molecule has 0 N–H and O–H groups in total. The summed E-state index contributed by atoms with van der Waals surface area (Å²) in [5.41, 5.74) is 0.967. The maximum absolute atomic E-state index is 14.4. The molecule has 27 heavy (non-hydrogen) atoms. The van der Waals surface area contributed by atoms with E-state index in [1.807, 2.05) is 0 Å². The molecule has 1 aromatic heterocycles. The van der Waals surface area contributed by atoms with Crippen LogP contribution in [-0.4, -0.2) is 18.9 Å². The maximum atomic E-state index is 14.4. The molecule has 0 saturated heterocycles. The fourth-order valence-corrected chi connectivity index (χ4v) is 2.82. The molecule has 2 heterocycles. The van der Waals surface area contributed by atoms with E-state index >= 15 is 0 Å². The van der Waals surface area contributed by atoms with Gasteiger partial charge in [0.25, 0.3) is 5.91 Å². The number of anilines is 1. The topological polar surface area (TPSA) is 55.0 Å². The molecule has 6 heteroatoms. The molecule has 0 atom stereocenters. The van der Waals surface area contributed by atoms with E-state index in [9.17, 15) is 9.18 Å². The summed E-state index contributed by atoms with van der Waals surface area (Å²) in [7, 11) is 1.56. The quantitative estimate of drug-likeness (QED) is 0.652. The Hall–Kier alpha value is -3.67. The highest BCUT2D eigenvalue weighted by molar-refractivity contribution is 6.33. The van der Waals surface area contributed by atoms with E-state index in [0.29, 0.717) is 17.2 Å². The summed E-state index contributed by atoms with van der Waals surface area (Å²) in [6, 6.07) is 16.6. The number of hydrogen-bond donors (Lipinski definition) is 0. The van der Waals surface area contributed by atoms with Gasteiger partial charge in [0, 0.05) is 6.08 Å². The van der Waals surface area contributed by atoms with Gasteiger partial charge >= 0.3 is 0 Å². The zero-order valence-electron chi connectivity index (χ0n) is 14.4. The largest absolute Gasteiger partial charge is 0.497 e. The maximum Gasteiger partial charge on any atom is 0.282 e. The van der Waals surface area contributed by atoms with Gasteiger partial charge in [-0.2, -0.15) is 0 Å². The Morgan fingerprint density at radius 3 is 2.52 bits per heavy atom. The first kappa shape index (κ1) is 16.8. The summed E-state index contributed by atoms with van der Waals surface area (Å²) < 4.78 is 24.8. The Balaban J connectivity index is 1.83. The van der Waals surface area contributed by atoms with Gasteiger partial charge in [-0.1, -0.05) is 12.1 Å². The average Bonchev–Trinajstić information content (AvgIpc) is 3.31. The van der Waals surface area contributed by atoms with E-state index in [0.717, 1.165) is 0 Å². The third-order valence-electron chi connectivity index (χ3n) is 4.13. The number of methoxy groups -OCH3 is 1. The van der Waals surface area contributed by atoms with Crippen molar-refractivity contribution in [2.75, 3.05) is 12.0 Å². The molecule has 0 bridgehead atoms. The SMILES string of the molecule is COc1ccc(N2C(=O)/C(=C\c3ccco3)N=C2c2ccccc2F)cc1. The lowest BCUT2D eigenvalue weighted by Crippen LogP contribution is -2.33. The van der Waals surface area contributed by atoms with Gasteiger partial charge in [-0.25, -0.2) is 9.38 Å². The second-order valence-corrected chi connectivity index (χ2v) is 5.80. The van der Waals surface area contributed by atoms with Gasteiger partial charge < -0.3 is 9.15 Å². The number of halogens is 1. The molecule has 0 unspecified atom stereocenters. The van der Waals surface area contributed by atoms with Crippen molar-refractivity contribution in [2.45, 2.75) is 0 Å². The summed E-state index contributed by atoms with van der Waals surface area (Å²) in [6.45, 7) is 0. The third kappa shape index (κ3) is 3.13. The van der Waals surface area contributed by atoms with Crippen LogP contribution in [0.3, 0.4) is 0 Å². The molecule has 2 aromatic carbocycles. The first-order valence-electron chi connectivity index (χ1n) is 8.24. The van der Waals surface area contributed by atoms with Crippen molar-refractivity contribution in [3.63, 3.8) is 0 Å². The van der Waals surface area contributed by atoms with E-state index in [2.05, 4.69) is 4.99 Å². The monoisotopic (exact) mass is 362 g/mol. The minimum atomic E-state index is -0.457. The highest BCUT2D eigenvalue weighted by atomic mass is 19.1. The summed E-state index contributed by atoms with van der Waals surface area (Å²) in [5, 5.41) is 0. The number of carbonyl (C=O) groups is 1. The Labute approximate surface area is 155 Å². The van der Waals surface area contributed by atoms with Crippen LogP contribution in [0.15, 0.2) is 82.0 Å². The molecule has 0 radical (unpaired) electrons. The van der Waals surface area contributed by atoms with Crippen molar-refractivity contribution in [3.8, 4) is 5.75 Å². The van der Waals surface area contributed by atoms with E-state index in [1.54, 1.807) is 61.7 Å². The number of ether oxygens (including phenoxy) is 1. The van der Waals surface area contributed by atoms with Crippen LogP contribution in [0.1, 0.15) is 11.3 Å². The summed E-state index contributed by atoms with van der Waals surface area (Å²) >= 11 is 0. The Bertz CT molecular complexity index is 1040. The van der Waals surface area contributed by atoms with Gasteiger partial charge in [-0.15, -0.1) is 0 Å². The van der Waals surface area contributed by atoms with Gasteiger partial charge in [-0.05, 0) is 48.5 Å². The molecular weight excluding hydrogens is 347 g/mol. The van der Waals surface area contributed by atoms with Crippen molar-refractivity contribution in [3.05, 3.63) is 89.8 Å². The molecular formula is C21H15FN2O3. The van der Waals surface area contributed by atoms with Crippen LogP contribution in [0.5, 0.6) is 5.75 Å². The fraction of sp³-hybridized carbons (Fsp3) is 0.0476. The lowest BCUT2D eigenvalue weighted by Gasteiger charge is -2.19. The van der Waals surface area contributed by atoms with Crippen molar-refractivity contribution in [1.29, 1.82) is 0 Å². The summed E-state index contributed by atoms with van der Waals surface area (Å²) in [4.78, 5) is 18.8. The van der Waals surface area contributed by atoms with Gasteiger partial charge in [-0.3, -0.25) is 9.69 Å². The smallest absolute Gasteiger partial charge is 0.282 e. The van der Waals surface area contributed by atoms with Crippen molar-refractivity contribution >= 4 is 23.5 Å². The molecule has 4 rings (SSSR count). The summed E-state index contributed by atoms with van der Waals surface area (Å²) in [5.74, 6) is 0.547. The second-order valence-electron chi connectivity index (χ2n) is 5.80. The Morgan fingerprint density at radius 1 is 1.07 bits per heavy atom. The van der Waals surface area contributed by atoms with Gasteiger partial charge in [0.15, 0.2) is 5.84 Å². The molecule has 1 aliphatic rings. The predicted molar refractivity (Wildman–Crippen MR) is 100 cm³/mol. The van der Waals surface area contributed by atoms with E-state index in [-0.39, 0.29) is 23.0 Å². The third-order valence-corrected chi connectivity index (χ3v) is 4.13. The molecule has 0 saturated carbocycles. The molecule has 1 amide bonds. The average molecular weight is 362 g/mol. The van der Waals surface area contributed by atoms with Gasteiger partial charge in [0.1, 0.15) is 23.0 Å². The first-order chi connectivity index (χ1) is 13.2. The van der Waals surface area contributed by atoms with Crippen LogP contribution >= 0.6 is 0 Å². The number of furan rings is 1. The molecule has 134 valence electrons. The van der Waals surface area contributed by atoms with Crippen LogP contribution in [0.4, 0.5) is 10.1 Å². The van der Waals surface area contributed by atoms with Crippen molar-refractivity contribution in [1.82, 2.24) is 0 Å². The van der Waals surface area contributed by atoms with Crippen LogP contribution in [0.25, 0.3) is 6.08 Å². The number of rotatable bonds is 4. The number of carbonyl (C=O) groups excluding carboxylic acids is 1. The molecule has 0 fully saturated rings. The van der Waals surface area contributed by atoms with Gasteiger partial charge in [0.2, 0.25) is 0 Å². The number of aliphatic imine (C=N–C) groups is 1. The normalized spacial score (nSPS) is 15.3. The minimum absolute atomic E-state index is 0.166. The van der Waals surface area contributed by atoms with E-state index in [4.69, 9.17) is 9.15 Å². The lowest BCUT2D eigenvalue weighted by molar-refractivity contribution is -0.113. The Morgan fingerprint density at radius 2 is 1.85 bits per heavy atom. The molecule has 3 aromatic rings. The highest BCUT2D eigenvalue weighted by Gasteiger charge is 2.33. The second kappa shape index (κ2) is 6.92.